The molecule has 1 aromatic carbocycles. The van der Waals surface area contributed by atoms with Gasteiger partial charge in [0.1, 0.15) is 0 Å². The molecule has 1 atom stereocenters. The van der Waals surface area contributed by atoms with Crippen molar-refractivity contribution in [1.82, 2.24) is 10.6 Å². The molecule has 1 unspecified atom stereocenters. The van der Waals surface area contributed by atoms with E-state index in [0.29, 0.717) is 13.1 Å². The van der Waals surface area contributed by atoms with E-state index in [4.69, 9.17) is 4.74 Å². The molecule has 0 fully saturated rings. The third kappa shape index (κ3) is 4.79. The SMILES string of the molecule is COC(C)CNC(=O)NCc1ccccc1. The second kappa shape index (κ2) is 6.85. The largest absolute Gasteiger partial charge is 0.380 e. The highest BCUT2D eigenvalue weighted by Gasteiger charge is 2.03. The van der Waals surface area contributed by atoms with Crippen molar-refractivity contribution < 1.29 is 9.53 Å². The van der Waals surface area contributed by atoms with Crippen molar-refractivity contribution >= 4 is 6.03 Å². The molecule has 0 saturated carbocycles. The van der Waals surface area contributed by atoms with Crippen molar-refractivity contribution in [2.45, 2.75) is 19.6 Å². The Bertz CT molecular complexity index is 314. The fourth-order valence-corrected chi connectivity index (χ4v) is 1.16. The van der Waals surface area contributed by atoms with E-state index >= 15 is 0 Å². The molecule has 4 nitrogen and oxygen atoms in total. The number of carbonyl (C=O) groups is 1. The first-order valence-electron chi connectivity index (χ1n) is 5.31. The molecule has 0 aliphatic rings. The highest BCUT2D eigenvalue weighted by Crippen LogP contribution is 1.96. The van der Waals surface area contributed by atoms with Crippen LogP contribution < -0.4 is 10.6 Å². The summed E-state index contributed by atoms with van der Waals surface area (Å²) < 4.78 is 5.02. The average molecular weight is 222 g/mol. The van der Waals surface area contributed by atoms with Gasteiger partial charge in [0.2, 0.25) is 0 Å². The molecule has 0 aliphatic heterocycles. The Morgan fingerprint density at radius 3 is 2.62 bits per heavy atom. The number of hydrogen-bond acceptors (Lipinski definition) is 2. The Balaban J connectivity index is 2.20. The van der Waals surface area contributed by atoms with Crippen LogP contribution in [0.4, 0.5) is 4.79 Å². The van der Waals surface area contributed by atoms with Crippen LogP contribution in [0.5, 0.6) is 0 Å². The van der Waals surface area contributed by atoms with E-state index in [0.717, 1.165) is 5.56 Å². The quantitative estimate of drug-likeness (QED) is 0.793. The Morgan fingerprint density at radius 2 is 2.00 bits per heavy atom. The number of carbonyl (C=O) groups excluding carboxylic acids is 1. The minimum atomic E-state index is -0.173. The summed E-state index contributed by atoms with van der Waals surface area (Å²) in [5.74, 6) is 0. The monoisotopic (exact) mass is 222 g/mol. The van der Waals surface area contributed by atoms with Gasteiger partial charge in [0.05, 0.1) is 6.10 Å². The van der Waals surface area contributed by atoms with Crippen LogP contribution in [-0.2, 0) is 11.3 Å². The van der Waals surface area contributed by atoms with Gasteiger partial charge in [-0.25, -0.2) is 4.79 Å². The Hall–Kier alpha value is -1.55. The van der Waals surface area contributed by atoms with Crippen molar-refractivity contribution in [3.63, 3.8) is 0 Å². The van der Waals surface area contributed by atoms with Crippen LogP contribution in [0.2, 0.25) is 0 Å². The summed E-state index contributed by atoms with van der Waals surface area (Å²) >= 11 is 0. The number of methoxy groups -OCH3 is 1. The van der Waals surface area contributed by atoms with Crippen molar-refractivity contribution in [3.8, 4) is 0 Å². The second-order valence-electron chi connectivity index (χ2n) is 3.60. The van der Waals surface area contributed by atoms with Gasteiger partial charge in [0.15, 0.2) is 0 Å². The van der Waals surface area contributed by atoms with Crippen molar-refractivity contribution in [2.75, 3.05) is 13.7 Å². The van der Waals surface area contributed by atoms with E-state index in [9.17, 15) is 4.79 Å². The van der Waals surface area contributed by atoms with Crippen LogP contribution in [0.1, 0.15) is 12.5 Å². The van der Waals surface area contributed by atoms with Crippen LogP contribution >= 0.6 is 0 Å². The third-order valence-corrected chi connectivity index (χ3v) is 2.25. The van der Waals surface area contributed by atoms with E-state index in [1.54, 1.807) is 7.11 Å². The lowest BCUT2D eigenvalue weighted by molar-refractivity contribution is 0.118. The predicted octanol–water partition coefficient (Wildman–Crippen LogP) is 1.52. The first-order valence-corrected chi connectivity index (χ1v) is 5.31. The topological polar surface area (TPSA) is 50.4 Å². The zero-order chi connectivity index (χ0) is 11.8. The van der Waals surface area contributed by atoms with Gasteiger partial charge >= 0.3 is 6.03 Å². The highest BCUT2D eigenvalue weighted by atomic mass is 16.5. The van der Waals surface area contributed by atoms with Crippen LogP contribution in [-0.4, -0.2) is 25.8 Å². The maximum absolute atomic E-state index is 11.4. The molecule has 0 heterocycles. The number of ether oxygens (including phenoxy) is 1. The lowest BCUT2D eigenvalue weighted by Crippen LogP contribution is -2.39. The molecule has 2 N–H and O–H groups in total. The number of rotatable bonds is 5. The third-order valence-electron chi connectivity index (χ3n) is 2.25. The number of nitrogens with one attached hydrogen (secondary N) is 2. The second-order valence-corrected chi connectivity index (χ2v) is 3.60. The van der Waals surface area contributed by atoms with Gasteiger partial charge in [-0.2, -0.15) is 0 Å². The zero-order valence-corrected chi connectivity index (χ0v) is 9.69. The van der Waals surface area contributed by atoms with E-state index < -0.39 is 0 Å². The van der Waals surface area contributed by atoms with Gasteiger partial charge in [-0.1, -0.05) is 30.3 Å². The van der Waals surface area contributed by atoms with Gasteiger partial charge in [-0.15, -0.1) is 0 Å². The normalized spacial score (nSPS) is 11.9. The highest BCUT2D eigenvalue weighted by molar-refractivity contribution is 5.73. The van der Waals surface area contributed by atoms with Crippen molar-refractivity contribution in [2.24, 2.45) is 0 Å². The molecular weight excluding hydrogens is 204 g/mol. The van der Waals surface area contributed by atoms with E-state index in [2.05, 4.69) is 10.6 Å². The smallest absolute Gasteiger partial charge is 0.315 e. The van der Waals surface area contributed by atoms with Crippen molar-refractivity contribution in [3.05, 3.63) is 35.9 Å². The average Bonchev–Trinajstić information content (AvgIpc) is 2.34. The summed E-state index contributed by atoms with van der Waals surface area (Å²) in [6.07, 6.45) is 0.0301. The number of amides is 2. The van der Waals surface area contributed by atoms with Gasteiger partial charge in [-0.3, -0.25) is 0 Å². The molecular formula is C12H18N2O2. The maximum atomic E-state index is 11.4. The molecule has 1 aromatic rings. The van der Waals surface area contributed by atoms with Gasteiger partial charge in [0.25, 0.3) is 0 Å². The van der Waals surface area contributed by atoms with E-state index in [-0.39, 0.29) is 12.1 Å². The molecule has 1 rings (SSSR count). The Kier molecular flexibility index (Phi) is 5.36. The molecule has 0 spiro atoms. The summed E-state index contributed by atoms with van der Waals surface area (Å²) in [7, 11) is 1.62. The van der Waals surface area contributed by atoms with Crippen LogP contribution in [0.25, 0.3) is 0 Å². The number of hydrogen-bond donors (Lipinski definition) is 2. The number of urea groups is 1. The molecule has 16 heavy (non-hydrogen) atoms. The molecule has 0 saturated heterocycles. The zero-order valence-electron chi connectivity index (χ0n) is 9.69. The molecule has 0 bridgehead atoms. The molecule has 0 aliphatic carbocycles. The molecule has 88 valence electrons. The lowest BCUT2D eigenvalue weighted by atomic mass is 10.2. The fraction of sp³-hybridized carbons (Fsp3) is 0.417. The molecule has 4 heteroatoms. The summed E-state index contributed by atoms with van der Waals surface area (Å²) in [5, 5.41) is 5.50. The molecule has 0 radical (unpaired) electrons. The minimum absolute atomic E-state index is 0.0301. The first-order chi connectivity index (χ1) is 7.72. The fourth-order valence-electron chi connectivity index (χ4n) is 1.16. The van der Waals surface area contributed by atoms with Gasteiger partial charge in [-0.05, 0) is 12.5 Å². The Morgan fingerprint density at radius 1 is 1.31 bits per heavy atom. The van der Waals surface area contributed by atoms with E-state index in [1.807, 2.05) is 37.3 Å². The van der Waals surface area contributed by atoms with Crippen LogP contribution in [0.15, 0.2) is 30.3 Å². The standard InChI is InChI=1S/C12H18N2O2/c1-10(16-2)8-13-12(15)14-9-11-6-4-3-5-7-11/h3-7,10H,8-9H2,1-2H3,(H2,13,14,15). The van der Waals surface area contributed by atoms with Crippen LogP contribution in [0.3, 0.4) is 0 Å². The maximum Gasteiger partial charge on any atom is 0.315 e. The number of benzene rings is 1. The first kappa shape index (κ1) is 12.5. The molecule has 2 amide bonds. The lowest BCUT2D eigenvalue weighted by Gasteiger charge is -2.11. The summed E-state index contributed by atoms with van der Waals surface area (Å²) in [4.78, 5) is 11.4. The van der Waals surface area contributed by atoms with Gasteiger partial charge < -0.3 is 15.4 Å². The Labute approximate surface area is 96.0 Å². The van der Waals surface area contributed by atoms with E-state index in [1.165, 1.54) is 0 Å². The van der Waals surface area contributed by atoms with Crippen molar-refractivity contribution in [1.29, 1.82) is 0 Å². The summed E-state index contributed by atoms with van der Waals surface area (Å²) in [6, 6.07) is 9.61. The summed E-state index contributed by atoms with van der Waals surface area (Å²) in [5.41, 5.74) is 1.08. The summed E-state index contributed by atoms with van der Waals surface area (Å²) in [6.45, 7) is 2.95. The van der Waals surface area contributed by atoms with Crippen LogP contribution in [0, 0.1) is 0 Å². The van der Waals surface area contributed by atoms with Gasteiger partial charge in [0, 0.05) is 20.2 Å². The predicted molar refractivity (Wildman–Crippen MR) is 63.2 cm³/mol. The minimum Gasteiger partial charge on any atom is -0.380 e. The molecule has 0 aromatic heterocycles.